The van der Waals surface area contributed by atoms with Crippen LogP contribution < -0.4 is 5.32 Å². The van der Waals surface area contributed by atoms with E-state index in [4.69, 9.17) is 11.6 Å². The molecule has 0 saturated heterocycles. The predicted octanol–water partition coefficient (Wildman–Crippen LogP) is 2.68. The van der Waals surface area contributed by atoms with Gasteiger partial charge in [-0.15, -0.1) is 0 Å². The topological polar surface area (TPSA) is 50.7 Å². The van der Waals surface area contributed by atoms with Crippen molar-refractivity contribution in [2.45, 2.75) is 26.4 Å². The number of rotatable bonds is 4. The van der Waals surface area contributed by atoms with Crippen LogP contribution >= 0.6 is 11.6 Å². The molecule has 0 amide bonds. The van der Waals surface area contributed by atoms with Crippen molar-refractivity contribution in [2.75, 3.05) is 0 Å². The van der Waals surface area contributed by atoms with Crippen LogP contribution in [0.2, 0.25) is 5.02 Å². The molecule has 1 atom stereocenters. The van der Waals surface area contributed by atoms with Gasteiger partial charge in [0.05, 0.1) is 22.5 Å². The zero-order valence-electron chi connectivity index (χ0n) is 10.4. The quantitative estimate of drug-likeness (QED) is 0.920. The van der Waals surface area contributed by atoms with E-state index in [0.29, 0.717) is 11.6 Å². The Labute approximate surface area is 111 Å². The summed E-state index contributed by atoms with van der Waals surface area (Å²) in [6, 6.07) is 5.68. The molecule has 1 unspecified atom stereocenters. The number of hydrogen-bond acceptors (Lipinski definition) is 4. The van der Waals surface area contributed by atoms with Gasteiger partial charge >= 0.3 is 0 Å². The maximum Gasteiger partial charge on any atom is 0.144 e. The fourth-order valence-corrected chi connectivity index (χ4v) is 1.68. The lowest BCUT2D eigenvalue weighted by Gasteiger charge is -2.12. The molecule has 94 valence electrons. The highest BCUT2D eigenvalue weighted by atomic mass is 35.5. The van der Waals surface area contributed by atoms with E-state index < -0.39 is 0 Å². The van der Waals surface area contributed by atoms with Crippen molar-refractivity contribution in [2.24, 2.45) is 0 Å². The number of nitrogens with one attached hydrogen (secondary N) is 1. The van der Waals surface area contributed by atoms with E-state index in [9.17, 15) is 0 Å². The van der Waals surface area contributed by atoms with E-state index in [2.05, 4.69) is 20.3 Å². The van der Waals surface area contributed by atoms with Crippen molar-refractivity contribution in [3.05, 3.63) is 52.8 Å². The van der Waals surface area contributed by atoms with E-state index in [1.54, 1.807) is 18.5 Å². The fourth-order valence-electron chi connectivity index (χ4n) is 1.58. The van der Waals surface area contributed by atoms with Crippen molar-refractivity contribution in [1.29, 1.82) is 0 Å². The van der Waals surface area contributed by atoms with E-state index >= 15 is 0 Å². The Kier molecular flexibility index (Phi) is 4.23. The zero-order chi connectivity index (χ0) is 13.0. The highest BCUT2D eigenvalue weighted by Crippen LogP contribution is 2.13. The van der Waals surface area contributed by atoms with Crippen LogP contribution in [0, 0.1) is 6.92 Å². The number of nitrogens with zero attached hydrogens (tertiary/aromatic N) is 3. The summed E-state index contributed by atoms with van der Waals surface area (Å²) in [4.78, 5) is 12.8. The maximum atomic E-state index is 5.94. The first-order chi connectivity index (χ1) is 8.66. The first kappa shape index (κ1) is 12.9. The molecule has 2 aromatic rings. The summed E-state index contributed by atoms with van der Waals surface area (Å²) in [5, 5.41) is 4.02. The Balaban J connectivity index is 1.97. The molecule has 0 saturated carbocycles. The second-order valence-electron chi connectivity index (χ2n) is 4.08. The molecule has 0 aliphatic carbocycles. The molecule has 0 aromatic carbocycles. The van der Waals surface area contributed by atoms with Gasteiger partial charge in [-0.2, -0.15) is 0 Å². The van der Waals surface area contributed by atoms with Crippen LogP contribution in [0.1, 0.15) is 30.2 Å². The van der Waals surface area contributed by atoms with Crippen molar-refractivity contribution in [3.63, 3.8) is 0 Å². The normalized spacial score (nSPS) is 12.4. The second-order valence-corrected chi connectivity index (χ2v) is 4.49. The highest BCUT2D eigenvalue weighted by Gasteiger charge is 2.07. The van der Waals surface area contributed by atoms with Gasteiger partial charge in [0.15, 0.2) is 0 Å². The smallest absolute Gasteiger partial charge is 0.144 e. The second kappa shape index (κ2) is 5.89. The summed E-state index contributed by atoms with van der Waals surface area (Å²) in [5.74, 6) is 0.781. The third-order valence-electron chi connectivity index (χ3n) is 2.64. The van der Waals surface area contributed by atoms with Crippen molar-refractivity contribution in [1.82, 2.24) is 20.3 Å². The van der Waals surface area contributed by atoms with Crippen LogP contribution in [0.5, 0.6) is 0 Å². The number of pyridine rings is 1. The Bertz CT molecular complexity index is 516. The molecule has 1 N–H and O–H groups in total. The SMILES string of the molecule is Cc1nc(CNC(C)c2ncccn2)ccc1Cl. The largest absolute Gasteiger partial charge is 0.302 e. The summed E-state index contributed by atoms with van der Waals surface area (Å²) in [5.41, 5.74) is 1.80. The van der Waals surface area contributed by atoms with Gasteiger partial charge in [0.1, 0.15) is 5.82 Å². The molecule has 0 fully saturated rings. The molecule has 0 aliphatic heterocycles. The molecule has 5 heteroatoms. The van der Waals surface area contributed by atoms with E-state index in [1.165, 1.54) is 0 Å². The summed E-state index contributed by atoms with van der Waals surface area (Å²) >= 11 is 5.94. The lowest BCUT2D eigenvalue weighted by molar-refractivity contribution is 0.540. The van der Waals surface area contributed by atoms with Crippen LogP contribution in [0.15, 0.2) is 30.6 Å². The van der Waals surface area contributed by atoms with E-state index in [-0.39, 0.29) is 6.04 Å². The van der Waals surface area contributed by atoms with Gasteiger partial charge in [0.2, 0.25) is 0 Å². The van der Waals surface area contributed by atoms with Crippen LogP contribution in [0.4, 0.5) is 0 Å². The molecular weight excluding hydrogens is 248 g/mol. The van der Waals surface area contributed by atoms with Gasteiger partial charge in [0.25, 0.3) is 0 Å². The summed E-state index contributed by atoms with van der Waals surface area (Å²) in [6.07, 6.45) is 3.48. The Morgan fingerprint density at radius 1 is 1.28 bits per heavy atom. The van der Waals surface area contributed by atoms with Gasteiger partial charge in [-0.05, 0) is 32.0 Å². The molecule has 2 aromatic heterocycles. The van der Waals surface area contributed by atoms with Crippen molar-refractivity contribution >= 4 is 11.6 Å². The van der Waals surface area contributed by atoms with Crippen LogP contribution in [-0.2, 0) is 6.54 Å². The molecule has 0 radical (unpaired) electrons. The monoisotopic (exact) mass is 262 g/mol. The van der Waals surface area contributed by atoms with Crippen LogP contribution in [0.3, 0.4) is 0 Å². The summed E-state index contributed by atoms with van der Waals surface area (Å²) in [6.45, 7) is 4.59. The van der Waals surface area contributed by atoms with E-state index in [1.807, 2.05) is 26.0 Å². The molecule has 2 rings (SSSR count). The highest BCUT2D eigenvalue weighted by molar-refractivity contribution is 6.31. The Hall–Kier alpha value is -1.52. The van der Waals surface area contributed by atoms with Gasteiger partial charge in [-0.3, -0.25) is 4.98 Å². The zero-order valence-corrected chi connectivity index (χ0v) is 11.1. The van der Waals surface area contributed by atoms with Gasteiger partial charge in [0, 0.05) is 18.9 Å². The maximum absolute atomic E-state index is 5.94. The third kappa shape index (κ3) is 3.24. The van der Waals surface area contributed by atoms with E-state index in [0.717, 1.165) is 17.2 Å². The minimum absolute atomic E-state index is 0.0870. The van der Waals surface area contributed by atoms with Crippen molar-refractivity contribution in [3.8, 4) is 0 Å². The van der Waals surface area contributed by atoms with Gasteiger partial charge in [-0.1, -0.05) is 11.6 Å². The number of hydrogen-bond donors (Lipinski definition) is 1. The molecular formula is C13H15ClN4. The molecule has 0 aliphatic rings. The third-order valence-corrected chi connectivity index (χ3v) is 3.04. The van der Waals surface area contributed by atoms with Gasteiger partial charge < -0.3 is 5.32 Å². The average Bonchev–Trinajstić information content (AvgIpc) is 2.41. The first-order valence-electron chi connectivity index (χ1n) is 5.79. The van der Waals surface area contributed by atoms with Gasteiger partial charge in [-0.25, -0.2) is 9.97 Å². The molecule has 0 bridgehead atoms. The standard InChI is InChI=1S/C13H15ClN4/c1-9-12(14)5-4-11(18-9)8-17-10(2)13-15-6-3-7-16-13/h3-7,10,17H,8H2,1-2H3. The summed E-state index contributed by atoms with van der Waals surface area (Å²) < 4.78 is 0. The lowest BCUT2D eigenvalue weighted by Crippen LogP contribution is -2.20. The van der Waals surface area contributed by atoms with Crippen LogP contribution in [0.25, 0.3) is 0 Å². The lowest BCUT2D eigenvalue weighted by atomic mass is 10.2. The fraction of sp³-hybridized carbons (Fsp3) is 0.308. The minimum atomic E-state index is 0.0870. The number of halogens is 1. The van der Waals surface area contributed by atoms with Crippen molar-refractivity contribution < 1.29 is 0 Å². The van der Waals surface area contributed by atoms with Crippen LogP contribution in [-0.4, -0.2) is 15.0 Å². The Morgan fingerprint density at radius 2 is 2.00 bits per heavy atom. The molecule has 4 nitrogen and oxygen atoms in total. The predicted molar refractivity (Wildman–Crippen MR) is 71.3 cm³/mol. The minimum Gasteiger partial charge on any atom is -0.302 e. The Morgan fingerprint density at radius 3 is 2.67 bits per heavy atom. The first-order valence-corrected chi connectivity index (χ1v) is 6.17. The molecule has 2 heterocycles. The molecule has 18 heavy (non-hydrogen) atoms. The average molecular weight is 263 g/mol. The summed E-state index contributed by atoms with van der Waals surface area (Å²) in [7, 11) is 0. The molecule has 0 spiro atoms. The number of aryl methyl sites for hydroxylation is 1. The number of aromatic nitrogens is 3.